The molecule has 3 nitrogen and oxygen atoms in total. The van der Waals surface area contributed by atoms with Gasteiger partial charge in [0.1, 0.15) is 12.2 Å². The van der Waals surface area contributed by atoms with Gasteiger partial charge in [-0.1, -0.05) is 67.1 Å². The first kappa shape index (κ1) is 16.5. The lowest BCUT2D eigenvalue weighted by Gasteiger charge is -2.19. The van der Waals surface area contributed by atoms with Crippen LogP contribution in [0.15, 0.2) is 60.7 Å². The Balaban J connectivity index is 1.71. The molecule has 0 N–H and O–H groups in total. The van der Waals surface area contributed by atoms with Crippen molar-refractivity contribution < 1.29 is 14.3 Å². The van der Waals surface area contributed by atoms with E-state index >= 15 is 0 Å². The van der Waals surface area contributed by atoms with E-state index in [1.165, 1.54) is 0 Å². The minimum absolute atomic E-state index is 0.0627. The van der Waals surface area contributed by atoms with Crippen LogP contribution < -0.4 is 0 Å². The highest BCUT2D eigenvalue weighted by molar-refractivity contribution is 6.20. The van der Waals surface area contributed by atoms with Gasteiger partial charge in [0.25, 0.3) is 0 Å². The van der Waals surface area contributed by atoms with E-state index in [9.17, 15) is 4.79 Å². The molecule has 0 fully saturated rings. The van der Waals surface area contributed by atoms with Crippen molar-refractivity contribution in [3.8, 4) is 0 Å². The number of carbonyl (C=O) groups excluding carboxylic acids is 1. The highest BCUT2D eigenvalue weighted by atomic mass is 35.5. The minimum atomic E-state index is -0.460. The maximum atomic E-state index is 11.7. The number of ether oxygens (including phenoxy) is 2. The summed E-state index contributed by atoms with van der Waals surface area (Å²) in [6.07, 6.45) is 0. The lowest BCUT2D eigenvalue weighted by atomic mass is 10.0. The molecule has 0 aromatic heterocycles. The first-order valence-electron chi connectivity index (χ1n) is 7.21. The molecule has 0 aliphatic rings. The standard InChI is InChI=1S/C18H19ClO3/c1-14(15-8-4-2-5-9-15)17(19)21-12-13-22-18(20)16-10-6-3-7-11-16/h2-11,14,17H,12-13H2,1H3. The van der Waals surface area contributed by atoms with Gasteiger partial charge in [-0.25, -0.2) is 4.79 Å². The van der Waals surface area contributed by atoms with Crippen LogP contribution in [0.2, 0.25) is 0 Å². The fourth-order valence-electron chi connectivity index (χ4n) is 2.00. The van der Waals surface area contributed by atoms with Gasteiger partial charge < -0.3 is 9.47 Å². The van der Waals surface area contributed by atoms with Crippen LogP contribution in [0.25, 0.3) is 0 Å². The van der Waals surface area contributed by atoms with E-state index in [0.717, 1.165) is 5.56 Å². The van der Waals surface area contributed by atoms with Gasteiger partial charge in [-0.05, 0) is 17.7 Å². The molecular weight excluding hydrogens is 300 g/mol. The number of benzene rings is 2. The van der Waals surface area contributed by atoms with Crippen molar-refractivity contribution in [2.45, 2.75) is 18.4 Å². The number of rotatable bonds is 7. The number of halogens is 1. The van der Waals surface area contributed by atoms with Gasteiger partial charge in [-0.15, -0.1) is 0 Å². The zero-order chi connectivity index (χ0) is 15.8. The Morgan fingerprint density at radius 1 is 1.00 bits per heavy atom. The molecule has 22 heavy (non-hydrogen) atoms. The number of hydrogen-bond acceptors (Lipinski definition) is 3. The summed E-state index contributed by atoms with van der Waals surface area (Å²) in [6.45, 7) is 2.45. The predicted octanol–water partition coefficient (Wildman–Crippen LogP) is 4.23. The van der Waals surface area contributed by atoms with Crippen LogP contribution in [0.4, 0.5) is 0 Å². The Morgan fingerprint density at radius 3 is 2.23 bits per heavy atom. The zero-order valence-electron chi connectivity index (χ0n) is 12.4. The lowest BCUT2D eigenvalue weighted by Crippen LogP contribution is -2.18. The molecule has 0 bridgehead atoms. The molecular formula is C18H19ClO3. The van der Waals surface area contributed by atoms with Crippen LogP contribution in [0.1, 0.15) is 28.8 Å². The summed E-state index contributed by atoms with van der Waals surface area (Å²) >= 11 is 6.24. The Labute approximate surface area is 135 Å². The molecule has 2 atom stereocenters. The first-order chi connectivity index (χ1) is 10.7. The Morgan fingerprint density at radius 2 is 1.59 bits per heavy atom. The second-order valence-corrected chi connectivity index (χ2v) is 5.35. The normalized spacial score (nSPS) is 13.4. The molecule has 4 heteroatoms. The van der Waals surface area contributed by atoms with Gasteiger partial charge in [-0.3, -0.25) is 0 Å². The summed E-state index contributed by atoms with van der Waals surface area (Å²) in [7, 11) is 0. The molecule has 0 radical (unpaired) electrons. The van der Waals surface area contributed by atoms with Crippen LogP contribution in [0, 0.1) is 0 Å². The molecule has 0 amide bonds. The molecule has 0 spiro atoms. The lowest BCUT2D eigenvalue weighted by molar-refractivity contribution is 0.0228. The fraction of sp³-hybridized carbons (Fsp3) is 0.278. The smallest absolute Gasteiger partial charge is 0.338 e. The predicted molar refractivity (Wildman–Crippen MR) is 87.2 cm³/mol. The average Bonchev–Trinajstić information content (AvgIpc) is 2.59. The van der Waals surface area contributed by atoms with Gasteiger partial charge in [-0.2, -0.15) is 0 Å². The van der Waals surface area contributed by atoms with Crippen molar-refractivity contribution in [2.75, 3.05) is 13.2 Å². The molecule has 116 valence electrons. The maximum Gasteiger partial charge on any atom is 0.338 e. The van der Waals surface area contributed by atoms with Crippen molar-refractivity contribution in [3.63, 3.8) is 0 Å². The summed E-state index contributed by atoms with van der Waals surface area (Å²) < 4.78 is 10.7. The fourth-order valence-corrected chi connectivity index (χ4v) is 2.24. The largest absolute Gasteiger partial charge is 0.460 e. The van der Waals surface area contributed by atoms with Crippen molar-refractivity contribution in [1.29, 1.82) is 0 Å². The van der Waals surface area contributed by atoms with E-state index in [4.69, 9.17) is 21.1 Å². The molecule has 2 unspecified atom stereocenters. The van der Waals surface area contributed by atoms with E-state index in [2.05, 4.69) is 0 Å². The van der Waals surface area contributed by atoms with Crippen LogP contribution in [-0.4, -0.2) is 24.7 Å². The van der Waals surface area contributed by atoms with Crippen molar-refractivity contribution in [2.24, 2.45) is 0 Å². The van der Waals surface area contributed by atoms with Gasteiger partial charge in [0.2, 0.25) is 0 Å². The molecule has 2 aromatic carbocycles. The van der Waals surface area contributed by atoms with E-state index in [-0.39, 0.29) is 25.1 Å². The molecule has 0 aliphatic heterocycles. The number of alkyl halides is 1. The summed E-state index contributed by atoms with van der Waals surface area (Å²) in [4.78, 5) is 11.7. The Kier molecular flexibility index (Phi) is 6.44. The third-order valence-electron chi connectivity index (χ3n) is 3.32. The van der Waals surface area contributed by atoms with Crippen molar-refractivity contribution in [3.05, 3.63) is 71.8 Å². The van der Waals surface area contributed by atoms with E-state index in [1.807, 2.05) is 43.3 Å². The number of esters is 1. The average molecular weight is 319 g/mol. The van der Waals surface area contributed by atoms with E-state index in [0.29, 0.717) is 5.56 Å². The van der Waals surface area contributed by atoms with Gasteiger partial charge >= 0.3 is 5.97 Å². The second kappa shape index (κ2) is 8.57. The summed E-state index contributed by atoms with van der Waals surface area (Å²) in [5.74, 6) is -0.292. The first-order valence-corrected chi connectivity index (χ1v) is 7.65. The molecule has 0 heterocycles. The zero-order valence-corrected chi connectivity index (χ0v) is 13.2. The van der Waals surface area contributed by atoms with Crippen molar-refractivity contribution in [1.82, 2.24) is 0 Å². The topological polar surface area (TPSA) is 35.5 Å². The summed E-state index contributed by atoms with van der Waals surface area (Å²) in [5, 5.41) is 0. The highest BCUT2D eigenvalue weighted by Crippen LogP contribution is 2.23. The minimum Gasteiger partial charge on any atom is -0.460 e. The van der Waals surface area contributed by atoms with Gasteiger partial charge in [0, 0.05) is 5.92 Å². The van der Waals surface area contributed by atoms with Gasteiger partial charge in [0.15, 0.2) is 0 Å². The van der Waals surface area contributed by atoms with Crippen LogP contribution in [0.5, 0.6) is 0 Å². The molecule has 2 rings (SSSR count). The monoisotopic (exact) mass is 318 g/mol. The third-order valence-corrected chi connectivity index (χ3v) is 3.83. The Bertz CT molecular complexity index is 571. The van der Waals surface area contributed by atoms with Crippen LogP contribution in [0.3, 0.4) is 0 Å². The SMILES string of the molecule is CC(c1ccccc1)C(Cl)OCCOC(=O)c1ccccc1. The highest BCUT2D eigenvalue weighted by Gasteiger charge is 2.16. The van der Waals surface area contributed by atoms with Crippen molar-refractivity contribution >= 4 is 17.6 Å². The van der Waals surface area contributed by atoms with E-state index < -0.39 is 5.56 Å². The van der Waals surface area contributed by atoms with E-state index in [1.54, 1.807) is 24.3 Å². The molecule has 2 aromatic rings. The maximum absolute atomic E-state index is 11.7. The molecule has 0 aliphatic carbocycles. The number of hydrogen-bond donors (Lipinski definition) is 0. The second-order valence-electron chi connectivity index (χ2n) is 4.92. The molecule has 0 saturated heterocycles. The quantitative estimate of drug-likeness (QED) is 0.435. The third kappa shape index (κ3) is 4.86. The van der Waals surface area contributed by atoms with Gasteiger partial charge in [0.05, 0.1) is 12.2 Å². The summed E-state index contributed by atoms with van der Waals surface area (Å²) in [6, 6.07) is 18.8. The Hall–Kier alpha value is -1.84. The summed E-state index contributed by atoms with van der Waals surface area (Å²) in [5.41, 5.74) is 1.18. The van der Waals surface area contributed by atoms with Crippen LogP contribution >= 0.6 is 11.6 Å². The van der Waals surface area contributed by atoms with Crippen LogP contribution in [-0.2, 0) is 9.47 Å². The molecule has 0 saturated carbocycles. The number of carbonyl (C=O) groups is 1.